The fourth-order valence-electron chi connectivity index (χ4n) is 2.36. The molecule has 0 unspecified atom stereocenters. The van der Waals surface area contributed by atoms with Crippen LogP contribution < -0.4 is 5.32 Å². The SMILES string of the molecule is O=C(Nc1cccc(COC(=O)c2ccc(Cl)cc2)c1)c1ccc(Cl)cc1. The third kappa shape index (κ3) is 5.33. The first-order chi connectivity index (χ1) is 13.0. The lowest BCUT2D eigenvalue weighted by atomic mass is 10.2. The van der Waals surface area contributed by atoms with E-state index in [0.29, 0.717) is 26.9 Å². The average molecular weight is 400 g/mol. The van der Waals surface area contributed by atoms with Crippen molar-refractivity contribution in [2.24, 2.45) is 0 Å². The summed E-state index contributed by atoms with van der Waals surface area (Å²) in [7, 11) is 0. The molecular weight excluding hydrogens is 385 g/mol. The zero-order chi connectivity index (χ0) is 19.2. The van der Waals surface area contributed by atoms with Crippen LogP contribution in [0.4, 0.5) is 5.69 Å². The summed E-state index contributed by atoms with van der Waals surface area (Å²) < 4.78 is 5.30. The second-order valence-electron chi connectivity index (χ2n) is 5.74. The molecule has 136 valence electrons. The van der Waals surface area contributed by atoms with Crippen LogP contribution >= 0.6 is 23.2 Å². The van der Waals surface area contributed by atoms with E-state index in [1.165, 1.54) is 0 Å². The maximum Gasteiger partial charge on any atom is 0.338 e. The Balaban J connectivity index is 1.61. The van der Waals surface area contributed by atoms with E-state index in [9.17, 15) is 9.59 Å². The predicted molar refractivity (Wildman–Crippen MR) is 106 cm³/mol. The molecule has 0 bridgehead atoms. The summed E-state index contributed by atoms with van der Waals surface area (Å²) in [5.41, 5.74) is 2.28. The summed E-state index contributed by atoms with van der Waals surface area (Å²) in [5, 5.41) is 3.92. The molecule has 0 heterocycles. The molecule has 3 aromatic carbocycles. The van der Waals surface area contributed by atoms with Gasteiger partial charge in [-0.05, 0) is 66.2 Å². The van der Waals surface area contributed by atoms with Gasteiger partial charge in [-0.25, -0.2) is 4.79 Å². The predicted octanol–water partition coefficient (Wildman–Crippen LogP) is 5.60. The van der Waals surface area contributed by atoms with Gasteiger partial charge in [0.2, 0.25) is 0 Å². The smallest absolute Gasteiger partial charge is 0.338 e. The average Bonchev–Trinajstić information content (AvgIpc) is 2.67. The van der Waals surface area contributed by atoms with Gasteiger partial charge in [-0.3, -0.25) is 4.79 Å². The van der Waals surface area contributed by atoms with E-state index in [-0.39, 0.29) is 12.5 Å². The number of rotatable bonds is 5. The minimum atomic E-state index is -0.442. The van der Waals surface area contributed by atoms with Gasteiger partial charge in [0, 0.05) is 21.3 Å². The van der Waals surface area contributed by atoms with Crippen LogP contribution in [0, 0.1) is 0 Å². The molecule has 0 aliphatic rings. The second-order valence-corrected chi connectivity index (χ2v) is 6.62. The highest BCUT2D eigenvalue weighted by atomic mass is 35.5. The number of benzene rings is 3. The van der Waals surface area contributed by atoms with Crippen molar-refractivity contribution in [2.45, 2.75) is 6.61 Å². The second kappa shape index (κ2) is 8.71. The van der Waals surface area contributed by atoms with Crippen LogP contribution in [-0.2, 0) is 11.3 Å². The van der Waals surface area contributed by atoms with Gasteiger partial charge in [-0.2, -0.15) is 0 Å². The zero-order valence-electron chi connectivity index (χ0n) is 14.1. The van der Waals surface area contributed by atoms with E-state index < -0.39 is 5.97 Å². The molecule has 3 rings (SSSR count). The molecule has 1 amide bonds. The summed E-state index contributed by atoms with van der Waals surface area (Å²) in [6.07, 6.45) is 0. The van der Waals surface area contributed by atoms with Crippen LogP contribution in [-0.4, -0.2) is 11.9 Å². The molecule has 27 heavy (non-hydrogen) atoms. The molecule has 0 saturated heterocycles. The van der Waals surface area contributed by atoms with Gasteiger partial charge in [0.1, 0.15) is 6.61 Å². The van der Waals surface area contributed by atoms with Crippen molar-refractivity contribution in [1.29, 1.82) is 0 Å². The first-order valence-corrected chi connectivity index (χ1v) is 8.85. The molecule has 0 fully saturated rings. The van der Waals surface area contributed by atoms with Crippen LogP contribution in [0.3, 0.4) is 0 Å². The van der Waals surface area contributed by atoms with E-state index in [0.717, 1.165) is 5.56 Å². The van der Waals surface area contributed by atoms with Gasteiger partial charge < -0.3 is 10.1 Å². The molecule has 1 N–H and O–H groups in total. The minimum Gasteiger partial charge on any atom is -0.457 e. The molecule has 0 aliphatic carbocycles. The number of carbonyl (C=O) groups excluding carboxylic acids is 2. The van der Waals surface area contributed by atoms with Crippen LogP contribution in [0.1, 0.15) is 26.3 Å². The van der Waals surface area contributed by atoms with Crippen molar-refractivity contribution in [1.82, 2.24) is 0 Å². The van der Waals surface area contributed by atoms with Crippen molar-refractivity contribution < 1.29 is 14.3 Å². The lowest BCUT2D eigenvalue weighted by Gasteiger charge is -2.09. The minimum absolute atomic E-state index is 0.0894. The number of carbonyl (C=O) groups is 2. The van der Waals surface area contributed by atoms with Gasteiger partial charge in [0.25, 0.3) is 5.91 Å². The highest BCUT2D eigenvalue weighted by Crippen LogP contribution is 2.16. The number of ether oxygens (including phenoxy) is 1. The highest BCUT2D eigenvalue weighted by molar-refractivity contribution is 6.31. The van der Waals surface area contributed by atoms with E-state index >= 15 is 0 Å². The number of hydrogen-bond acceptors (Lipinski definition) is 3. The molecule has 0 aliphatic heterocycles. The number of hydrogen-bond donors (Lipinski definition) is 1. The summed E-state index contributed by atoms with van der Waals surface area (Å²) in [4.78, 5) is 24.3. The summed E-state index contributed by atoms with van der Waals surface area (Å²) in [6.45, 7) is 0.0894. The number of amides is 1. The molecule has 3 aromatic rings. The molecule has 0 radical (unpaired) electrons. The number of nitrogens with one attached hydrogen (secondary N) is 1. The first kappa shape index (κ1) is 19.0. The van der Waals surface area contributed by atoms with Gasteiger partial charge in [0.15, 0.2) is 0 Å². The van der Waals surface area contributed by atoms with Crippen LogP contribution in [0.25, 0.3) is 0 Å². The lowest BCUT2D eigenvalue weighted by Crippen LogP contribution is -2.12. The molecule has 4 nitrogen and oxygen atoms in total. The van der Waals surface area contributed by atoms with Crippen LogP contribution in [0.5, 0.6) is 0 Å². The van der Waals surface area contributed by atoms with E-state index in [2.05, 4.69) is 5.32 Å². The fourth-order valence-corrected chi connectivity index (χ4v) is 2.61. The van der Waals surface area contributed by atoms with E-state index in [1.807, 2.05) is 6.07 Å². The van der Waals surface area contributed by atoms with Crippen molar-refractivity contribution in [3.8, 4) is 0 Å². The molecule has 6 heteroatoms. The van der Waals surface area contributed by atoms with Crippen molar-refractivity contribution in [2.75, 3.05) is 5.32 Å². The van der Waals surface area contributed by atoms with E-state index in [1.54, 1.807) is 66.7 Å². The lowest BCUT2D eigenvalue weighted by molar-refractivity contribution is 0.0472. The normalized spacial score (nSPS) is 10.3. The van der Waals surface area contributed by atoms with Crippen molar-refractivity contribution in [3.63, 3.8) is 0 Å². The molecule has 0 spiro atoms. The van der Waals surface area contributed by atoms with Gasteiger partial charge >= 0.3 is 5.97 Å². The third-order valence-corrected chi connectivity index (χ3v) is 4.25. The highest BCUT2D eigenvalue weighted by Gasteiger charge is 2.09. The summed E-state index contributed by atoms with van der Waals surface area (Å²) in [5.74, 6) is -0.691. The number of anilines is 1. The summed E-state index contributed by atoms with van der Waals surface area (Å²) in [6, 6.07) is 20.2. The van der Waals surface area contributed by atoms with Crippen LogP contribution in [0.2, 0.25) is 10.0 Å². The molecular formula is C21H15Cl2NO3. The molecule has 0 saturated carbocycles. The molecule has 0 atom stereocenters. The van der Waals surface area contributed by atoms with Crippen molar-refractivity contribution in [3.05, 3.63) is 99.5 Å². The van der Waals surface area contributed by atoms with E-state index in [4.69, 9.17) is 27.9 Å². The Morgan fingerprint density at radius 1 is 0.815 bits per heavy atom. The third-order valence-electron chi connectivity index (χ3n) is 3.74. The van der Waals surface area contributed by atoms with Gasteiger partial charge in [-0.15, -0.1) is 0 Å². The first-order valence-electron chi connectivity index (χ1n) is 8.10. The Labute approximate surface area is 166 Å². The zero-order valence-corrected chi connectivity index (χ0v) is 15.6. The Kier molecular flexibility index (Phi) is 6.12. The fraction of sp³-hybridized carbons (Fsp3) is 0.0476. The Morgan fingerprint density at radius 3 is 2.04 bits per heavy atom. The number of esters is 1. The maximum absolute atomic E-state index is 12.3. The number of halogens is 2. The van der Waals surface area contributed by atoms with Gasteiger partial charge in [0.05, 0.1) is 5.56 Å². The van der Waals surface area contributed by atoms with Crippen molar-refractivity contribution >= 4 is 40.8 Å². The Hall–Kier alpha value is -2.82. The maximum atomic E-state index is 12.3. The largest absolute Gasteiger partial charge is 0.457 e. The van der Waals surface area contributed by atoms with Gasteiger partial charge in [-0.1, -0.05) is 35.3 Å². The monoisotopic (exact) mass is 399 g/mol. The molecule has 0 aromatic heterocycles. The Bertz CT molecular complexity index is 954. The Morgan fingerprint density at radius 2 is 1.41 bits per heavy atom. The van der Waals surface area contributed by atoms with Crippen LogP contribution in [0.15, 0.2) is 72.8 Å². The summed E-state index contributed by atoms with van der Waals surface area (Å²) >= 11 is 11.6. The topological polar surface area (TPSA) is 55.4 Å². The standard InChI is InChI=1S/C21H15Cl2NO3/c22-17-8-4-15(5-9-17)20(25)24-19-3-1-2-14(12-19)13-27-21(26)16-6-10-18(23)11-7-16/h1-12H,13H2,(H,24,25). The quantitative estimate of drug-likeness (QED) is 0.567.